The van der Waals surface area contributed by atoms with Gasteiger partial charge < -0.3 is 59.7 Å². The van der Waals surface area contributed by atoms with Gasteiger partial charge in [0.15, 0.2) is 22.3 Å². The van der Waals surface area contributed by atoms with Crippen LogP contribution in [0.15, 0.2) is 104 Å². The number of aromatic nitrogens is 8. The first-order valence-electron chi connectivity index (χ1n) is 21.7. The number of amides is 1. The SMILES string of the molecule is CC(C)[C@H](NC(=O)OCc1ccccc1)C(=O)OCC(CO)OCn1cnc2c(OCc3ccccc3)nc(NCNc3nc(OCc4ccccc4)c4ncn(COC(CO)CO)c4n3)nc21. The van der Waals surface area contributed by atoms with Crippen molar-refractivity contribution in [3.05, 3.63) is 120 Å². The van der Waals surface area contributed by atoms with Crippen LogP contribution in [0.5, 0.6) is 11.8 Å². The lowest BCUT2D eigenvalue weighted by Gasteiger charge is -2.22. The van der Waals surface area contributed by atoms with Gasteiger partial charge in [-0.1, -0.05) is 105 Å². The molecule has 7 rings (SSSR count). The first-order chi connectivity index (χ1) is 33.2. The summed E-state index contributed by atoms with van der Waals surface area (Å²) in [6, 6.07) is 27.2. The highest BCUT2D eigenvalue weighted by atomic mass is 16.6. The lowest BCUT2D eigenvalue weighted by atomic mass is 10.1. The lowest BCUT2D eigenvalue weighted by molar-refractivity contribution is -0.154. The Bertz CT molecular complexity index is 2670. The number of imidazole rings is 2. The maximum absolute atomic E-state index is 13.1. The van der Waals surface area contributed by atoms with Crippen LogP contribution in [-0.4, -0.2) is 118 Å². The highest BCUT2D eigenvalue weighted by molar-refractivity contribution is 5.82. The summed E-state index contributed by atoms with van der Waals surface area (Å²) >= 11 is 0. The number of ether oxygens (including phenoxy) is 6. The third kappa shape index (κ3) is 13.3. The van der Waals surface area contributed by atoms with E-state index in [0.717, 1.165) is 16.7 Å². The van der Waals surface area contributed by atoms with Gasteiger partial charge in [0.25, 0.3) is 0 Å². The zero-order chi connectivity index (χ0) is 47.7. The third-order valence-electron chi connectivity index (χ3n) is 10.1. The van der Waals surface area contributed by atoms with Crippen molar-refractivity contribution < 1.29 is 53.3 Å². The zero-order valence-corrected chi connectivity index (χ0v) is 37.4. The topological polar surface area (TPSA) is 274 Å². The summed E-state index contributed by atoms with van der Waals surface area (Å²) in [6.07, 6.45) is 0.442. The molecule has 0 spiro atoms. The predicted molar refractivity (Wildman–Crippen MR) is 245 cm³/mol. The molecule has 68 heavy (non-hydrogen) atoms. The number of hydrogen-bond acceptors (Lipinski definition) is 19. The standard InChI is InChI=1S/C46H53N11O11/c1-30(2)36(51-46(62)66-23-33-16-10-5-11-17-33)43(61)65-24-35(20-60)68-29-57-27-50-38-40(57)53-45(55-42(38)64-22-32-14-8-4-9-15-32)48-25-47-44-52-39-37(49-26-56(39)28-67-34(18-58)19-59)41(54-44)63-21-31-12-6-3-7-13-31/h3-17,26-27,30,34-36,58-60H,18-25,28-29H2,1-2H3,(H,51,62)(H,47,52,54)(H,48,53,55)/t35?,36-/m0/s1. The summed E-state index contributed by atoms with van der Waals surface area (Å²) in [5.74, 6) is -0.398. The number of hydrogen-bond donors (Lipinski definition) is 6. The number of aliphatic hydroxyl groups is 3. The number of anilines is 2. The van der Waals surface area contributed by atoms with Crippen LogP contribution < -0.4 is 25.4 Å². The van der Waals surface area contributed by atoms with E-state index in [0.29, 0.717) is 22.3 Å². The second-order valence-electron chi connectivity index (χ2n) is 15.5. The Morgan fingerprint density at radius 1 is 0.603 bits per heavy atom. The van der Waals surface area contributed by atoms with Crippen molar-refractivity contribution in [1.82, 2.24) is 44.4 Å². The average Bonchev–Trinajstić information content (AvgIpc) is 3.98. The number of aliphatic hydroxyl groups excluding tert-OH is 3. The number of nitrogens with one attached hydrogen (secondary N) is 3. The molecule has 4 heterocycles. The molecule has 0 fully saturated rings. The van der Waals surface area contributed by atoms with Gasteiger partial charge in [0.2, 0.25) is 23.7 Å². The molecule has 0 saturated carbocycles. The molecule has 4 aromatic heterocycles. The Morgan fingerprint density at radius 3 is 1.51 bits per heavy atom. The molecule has 1 amide bonds. The fraction of sp³-hybridized carbons (Fsp3) is 0.348. The van der Waals surface area contributed by atoms with Crippen LogP contribution in [0, 0.1) is 5.92 Å². The minimum absolute atomic E-state index is 0.00850. The van der Waals surface area contributed by atoms with E-state index in [9.17, 15) is 24.9 Å². The molecule has 22 heteroatoms. The van der Waals surface area contributed by atoms with Gasteiger partial charge in [-0.05, 0) is 22.6 Å². The summed E-state index contributed by atoms with van der Waals surface area (Å²) < 4.78 is 37.9. The number of carbonyl (C=O) groups is 2. The van der Waals surface area contributed by atoms with Gasteiger partial charge in [-0.2, -0.15) is 19.9 Å². The Kier molecular flexibility index (Phi) is 17.3. The summed E-state index contributed by atoms with van der Waals surface area (Å²) in [4.78, 5) is 53.2. The van der Waals surface area contributed by atoms with E-state index in [-0.39, 0.29) is 89.3 Å². The van der Waals surface area contributed by atoms with Crippen LogP contribution in [-0.2, 0) is 57.0 Å². The third-order valence-corrected chi connectivity index (χ3v) is 10.1. The molecule has 0 aliphatic heterocycles. The van der Waals surface area contributed by atoms with Crippen LogP contribution in [0.2, 0.25) is 0 Å². The van der Waals surface area contributed by atoms with Gasteiger partial charge in [0.05, 0.1) is 39.1 Å². The maximum Gasteiger partial charge on any atom is 0.408 e. The summed E-state index contributed by atoms with van der Waals surface area (Å²) in [5, 5.41) is 38.1. The largest absolute Gasteiger partial charge is 0.471 e. The number of esters is 1. The van der Waals surface area contributed by atoms with Crippen molar-refractivity contribution in [3.8, 4) is 11.8 Å². The van der Waals surface area contributed by atoms with Gasteiger partial charge in [-0.15, -0.1) is 0 Å². The average molecular weight is 936 g/mol. The number of carbonyl (C=O) groups excluding carboxylic acids is 2. The fourth-order valence-corrected chi connectivity index (χ4v) is 6.38. The van der Waals surface area contributed by atoms with Gasteiger partial charge in [-0.3, -0.25) is 9.13 Å². The van der Waals surface area contributed by atoms with E-state index < -0.39 is 36.9 Å². The number of rotatable bonds is 26. The van der Waals surface area contributed by atoms with Crippen molar-refractivity contribution in [2.75, 3.05) is 43.7 Å². The molecular weight excluding hydrogens is 883 g/mol. The minimum atomic E-state index is -1.02. The van der Waals surface area contributed by atoms with Crippen LogP contribution >= 0.6 is 0 Å². The molecule has 3 aromatic carbocycles. The molecular formula is C46H53N11O11. The normalized spacial score (nSPS) is 12.3. The van der Waals surface area contributed by atoms with E-state index in [1.807, 2.05) is 91.0 Å². The van der Waals surface area contributed by atoms with Gasteiger partial charge in [0.1, 0.15) is 58.1 Å². The first-order valence-corrected chi connectivity index (χ1v) is 21.7. The molecule has 0 aliphatic carbocycles. The van der Waals surface area contributed by atoms with E-state index >= 15 is 0 Å². The Hall–Kier alpha value is -7.50. The molecule has 0 radical (unpaired) electrons. The zero-order valence-electron chi connectivity index (χ0n) is 37.4. The van der Waals surface area contributed by atoms with E-state index in [1.54, 1.807) is 23.0 Å². The van der Waals surface area contributed by atoms with Crippen molar-refractivity contribution in [2.45, 2.75) is 65.4 Å². The second kappa shape index (κ2) is 24.3. The molecule has 6 N–H and O–H groups in total. The smallest absolute Gasteiger partial charge is 0.408 e. The number of alkyl carbamates (subject to hydrolysis) is 1. The van der Waals surface area contributed by atoms with Crippen LogP contribution in [0.1, 0.15) is 30.5 Å². The lowest BCUT2D eigenvalue weighted by Crippen LogP contribution is -2.46. The van der Waals surface area contributed by atoms with Crippen molar-refractivity contribution >= 4 is 46.3 Å². The van der Waals surface area contributed by atoms with E-state index in [2.05, 4.69) is 40.9 Å². The van der Waals surface area contributed by atoms with Crippen LogP contribution in [0.4, 0.5) is 16.7 Å². The molecule has 22 nitrogen and oxygen atoms in total. The van der Waals surface area contributed by atoms with E-state index in [1.165, 1.54) is 12.7 Å². The summed E-state index contributed by atoms with van der Waals surface area (Å²) in [6.45, 7) is 2.11. The molecule has 358 valence electrons. The minimum Gasteiger partial charge on any atom is -0.471 e. The molecule has 2 atom stereocenters. The second-order valence-corrected chi connectivity index (χ2v) is 15.5. The summed E-state index contributed by atoms with van der Waals surface area (Å²) in [7, 11) is 0. The molecule has 0 aliphatic rings. The van der Waals surface area contributed by atoms with Gasteiger partial charge in [0, 0.05) is 0 Å². The first kappa shape index (κ1) is 48.4. The Labute approximate surface area is 390 Å². The van der Waals surface area contributed by atoms with E-state index in [4.69, 9.17) is 33.4 Å². The quantitative estimate of drug-likeness (QED) is 0.0333. The fourth-order valence-electron chi connectivity index (χ4n) is 6.38. The monoisotopic (exact) mass is 935 g/mol. The summed E-state index contributed by atoms with van der Waals surface area (Å²) in [5.41, 5.74) is 3.97. The van der Waals surface area contributed by atoms with Crippen molar-refractivity contribution in [1.29, 1.82) is 0 Å². The molecule has 0 saturated heterocycles. The highest BCUT2D eigenvalue weighted by Crippen LogP contribution is 2.26. The van der Waals surface area contributed by atoms with Gasteiger partial charge >= 0.3 is 12.1 Å². The van der Waals surface area contributed by atoms with Crippen molar-refractivity contribution in [3.63, 3.8) is 0 Å². The molecule has 7 aromatic rings. The number of fused-ring (bicyclic) bond motifs is 2. The number of benzene rings is 3. The van der Waals surface area contributed by atoms with Crippen molar-refractivity contribution in [2.24, 2.45) is 5.92 Å². The van der Waals surface area contributed by atoms with Crippen LogP contribution in [0.3, 0.4) is 0 Å². The highest BCUT2D eigenvalue weighted by Gasteiger charge is 2.28. The Balaban J connectivity index is 1.04. The number of nitrogens with zero attached hydrogens (tertiary/aromatic N) is 8. The maximum atomic E-state index is 13.1. The predicted octanol–water partition coefficient (Wildman–Crippen LogP) is 3.76. The van der Waals surface area contributed by atoms with Crippen LogP contribution in [0.25, 0.3) is 22.3 Å². The Morgan fingerprint density at radius 2 is 1.06 bits per heavy atom. The van der Waals surface area contributed by atoms with Gasteiger partial charge in [-0.25, -0.2) is 19.6 Å². The molecule has 1 unspecified atom stereocenters. The molecule has 0 bridgehead atoms.